The summed E-state index contributed by atoms with van der Waals surface area (Å²) in [6.45, 7) is 10.6. The molecule has 0 radical (unpaired) electrons. The van der Waals surface area contributed by atoms with Crippen LogP contribution in [0.4, 0.5) is 0 Å². The second-order valence-corrected chi connectivity index (χ2v) is 5.58. The second kappa shape index (κ2) is 3.41. The average molecular weight is 204 g/mol. The van der Waals surface area contributed by atoms with Crippen molar-refractivity contribution in [2.24, 2.45) is 7.05 Å². The molecule has 0 saturated heterocycles. The van der Waals surface area contributed by atoms with Crippen molar-refractivity contribution in [1.29, 1.82) is 0 Å². The van der Waals surface area contributed by atoms with E-state index in [2.05, 4.69) is 45.6 Å². The molecule has 0 aliphatic carbocycles. The second-order valence-electron chi connectivity index (χ2n) is 5.58. The zero-order valence-corrected chi connectivity index (χ0v) is 10.5. The Morgan fingerprint density at radius 1 is 1.27 bits per heavy atom. The molecule has 2 nitrogen and oxygen atoms in total. The van der Waals surface area contributed by atoms with E-state index in [4.69, 9.17) is 6.42 Å². The van der Waals surface area contributed by atoms with Gasteiger partial charge in [-0.1, -0.05) is 26.7 Å². The van der Waals surface area contributed by atoms with Crippen molar-refractivity contribution in [3.8, 4) is 12.3 Å². The van der Waals surface area contributed by atoms with Crippen LogP contribution in [-0.4, -0.2) is 9.78 Å². The molecule has 82 valence electrons. The largest absolute Gasteiger partial charge is 0.275 e. The summed E-state index contributed by atoms with van der Waals surface area (Å²) in [5, 5.41) is 4.52. The van der Waals surface area contributed by atoms with Gasteiger partial charge in [0.05, 0.1) is 11.1 Å². The van der Waals surface area contributed by atoms with E-state index in [9.17, 15) is 0 Å². The molecule has 0 saturated carbocycles. The lowest BCUT2D eigenvalue weighted by molar-refractivity contribution is 0.536. The van der Waals surface area contributed by atoms with Gasteiger partial charge >= 0.3 is 0 Å². The Bertz CT molecular complexity index is 397. The molecule has 2 heteroatoms. The van der Waals surface area contributed by atoms with Crippen LogP contribution in [0.3, 0.4) is 0 Å². The van der Waals surface area contributed by atoms with Crippen LogP contribution in [0.2, 0.25) is 0 Å². The Balaban J connectivity index is 3.38. The number of hydrogen-bond acceptors (Lipinski definition) is 1. The summed E-state index contributed by atoms with van der Waals surface area (Å²) in [7, 11) is 1.94. The van der Waals surface area contributed by atoms with Crippen molar-refractivity contribution in [2.75, 3.05) is 0 Å². The molecule has 0 fully saturated rings. The van der Waals surface area contributed by atoms with Crippen LogP contribution in [0.15, 0.2) is 6.20 Å². The highest BCUT2D eigenvalue weighted by molar-refractivity contribution is 5.37. The zero-order chi connectivity index (χ0) is 11.9. The molecular weight excluding hydrogens is 184 g/mol. The highest BCUT2D eigenvalue weighted by Crippen LogP contribution is 2.32. The molecule has 1 rings (SSSR count). The third kappa shape index (κ3) is 2.23. The van der Waals surface area contributed by atoms with E-state index < -0.39 is 0 Å². The van der Waals surface area contributed by atoms with Crippen LogP contribution in [0, 0.1) is 12.3 Å². The summed E-state index contributed by atoms with van der Waals surface area (Å²) in [5.41, 5.74) is 2.02. The van der Waals surface area contributed by atoms with Crippen LogP contribution in [0.25, 0.3) is 0 Å². The van der Waals surface area contributed by atoms with E-state index in [1.165, 1.54) is 0 Å². The lowest BCUT2D eigenvalue weighted by Gasteiger charge is -2.23. The Morgan fingerprint density at radius 3 is 2.20 bits per heavy atom. The number of aromatic nitrogens is 2. The molecule has 0 atom stereocenters. The highest BCUT2D eigenvalue weighted by atomic mass is 15.3. The Morgan fingerprint density at radius 2 is 1.80 bits per heavy atom. The van der Waals surface area contributed by atoms with Crippen molar-refractivity contribution < 1.29 is 0 Å². The first-order valence-electron chi connectivity index (χ1n) is 5.21. The topological polar surface area (TPSA) is 17.8 Å². The lowest BCUT2D eigenvalue weighted by Crippen LogP contribution is -2.22. The molecule has 0 aromatic carbocycles. The van der Waals surface area contributed by atoms with Gasteiger partial charge in [-0.25, -0.2) is 0 Å². The molecule has 1 aromatic rings. The molecule has 0 spiro atoms. The zero-order valence-electron chi connectivity index (χ0n) is 10.5. The van der Waals surface area contributed by atoms with Gasteiger partial charge in [0, 0.05) is 24.2 Å². The SMILES string of the molecule is C#CC(C)(C)c1cn(C)nc1C(C)(C)C. The summed E-state index contributed by atoms with van der Waals surface area (Å²) in [5.74, 6) is 2.83. The number of rotatable bonds is 1. The first-order valence-corrected chi connectivity index (χ1v) is 5.21. The first-order chi connectivity index (χ1) is 6.68. The molecule has 1 heterocycles. The fourth-order valence-corrected chi connectivity index (χ4v) is 1.58. The molecule has 0 aliphatic heterocycles. The maximum atomic E-state index is 5.57. The molecule has 0 unspecified atom stereocenters. The molecule has 0 amide bonds. The number of nitrogens with zero attached hydrogens (tertiary/aromatic N) is 2. The molecule has 0 aliphatic rings. The standard InChI is InChI=1S/C13H20N2/c1-8-13(5,6)10-9-15(7)14-11(10)12(2,3)4/h1,9H,2-7H3. The van der Waals surface area contributed by atoms with Crippen LogP contribution < -0.4 is 0 Å². The third-order valence-electron chi connectivity index (χ3n) is 2.57. The number of aryl methyl sites for hydroxylation is 1. The summed E-state index contributed by atoms with van der Waals surface area (Å²) in [4.78, 5) is 0. The van der Waals surface area contributed by atoms with Crippen LogP contribution in [0.5, 0.6) is 0 Å². The van der Waals surface area contributed by atoms with E-state index in [-0.39, 0.29) is 10.8 Å². The van der Waals surface area contributed by atoms with E-state index in [1.54, 1.807) is 0 Å². The fourth-order valence-electron chi connectivity index (χ4n) is 1.58. The van der Waals surface area contributed by atoms with Crippen LogP contribution in [0.1, 0.15) is 45.9 Å². The van der Waals surface area contributed by atoms with E-state index in [0.29, 0.717) is 0 Å². The molecule has 1 aromatic heterocycles. The minimum Gasteiger partial charge on any atom is -0.275 e. The quantitative estimate of drug-likeness (QED) is 0.643. The maximum absolute atomic E-state index is 5.57. The van der Waals surface area contributed by atoms with Crippen molar-refractivity contribution in [2.45, 2.75) is 45.4 Å². The minimum absolute atomic E-state index is 0.0325. The van der Waals surface area contributed by atoms with Gasteiger partial charge < -0.3 is 0 Å². The van der Waals surface area contributed by atoms with Gasteiger partial charge in [-0.3, -0.25) is 4.68 Å². The third-order valence-corrected chi connectivity index (χ3v) is 2.57. The first kappa shape index (κ1) is 11.8. The van der Waals surface area contributed by atoms with Gasteiger partial charge in [0.25, 0.3) is 0 Å². The summed E-state index contributed by atoms with van der Waals surface area (Å²) in [6.07, 6.45) is 7.60. The van der Waals surface area contributed by atoms with E-state index >= 15 is 0 Å². The predicted molar refractivity (Wildman–Crippen MR) is 63.8 cm³/mol. The maximum Gasteiger partial charge on any atom is 0.0725 e. The van der Waals surface area contributed by atoms with Crippen molar-refractivity contribution in [1.82, 2.24) is 9.78 Å². The van der Waals surface area contributed by atoms with Gasteiger partial charge in [0.15, 0.2) is 0 Å². The number of hydrogen-bond donors (Lipinski definition) is 0. The van der Waals surface area contributed by atoms with E-state index in [0.717, 1.165) is 11.3 Å². The van der Waals surface area contributed by atoms with Gasteiger partial charge in [-0.2, -0.15) is 5.10 Å². The highest BCUT2D eigenvalue weighted by Gasteiger charge is 2.29. The monoisotopic (exact) mass is 204 g/mol. The average Bonchev–Trinajstić information content (AvgIpc) is 2.47. The summed E-state index contributed by atoms with van der Waals surface area (Å²) >= 11 is 0. The molecule has 0 N–H and O–H groups in total. The van der Waals surface area contributed by atoms with Crippen LogP contribution >= 0.6 is 0 Å². The van der Waals surface area contributed by atoms with Gasteiger partial charge in [0.2, 0.25) is 0 Å². The molecular formula is C13H20N2. The minimum atomic E-state index is -0.253. The lowest BCUT2D eigenvalue weighted by atomic mass is 9.79. The van der Waals surface area contributed by atoms with Crippen molar-refractivity contribution in [3.05, 3.63) is 17.5 Å². The number of terminal acetylenes is 1. The van der Waals surface area contributed by atoms with Crippen LogP contribution in [-0.2, 0) is 17.9 Å². The summed E-state index contributed by atoms with van der Waals surface area (Å²) in [6, 6.07) is 0. The van der Waals surface area contributed by atoms with Gasteiger partial charge in [-0.15, -0.1) is 6.42 Å². The molecule has 0 bridgehead atoms. The Labute approximate surface area is 92.7 Å². The Hall–Kier alpha value is -1.23. The van der Waals surface area contributed by atoms with Gasteiger partial charge in [-0.05, 0) is 13.8 Å². The van der Waals surface area contributed by atoms with E-state index in [1.807, 2.05) is 17.9 Å². The predicted octanol–water partition coefficient (Wildman–Crippen LogP) is 2.63. The van der Waals surface area contributed by atoms with Crippen molar-refractivity contribution >= 4 is 0 Å². The smallest absolute Gasteiger partial charge is 0.0725 e. The van der Waals surface area contributed by atoms with Gasteiger partial charge in [0.1, 0.15) is 0 Å². The van der Waals surface area contributed by atoms with Crippen molar-refractivity contribution in [3.63, 3.8) is 0 Å². The normalized spacial score (nSPS) is 12.6. The fraction of sp³-hybridized carbons (Fsp3) is 0.615. The molecule has 15 heavy (non-hydrogen) atoms. The Kier molecular flexibility index (Phi) is 2.69. The summed E-state index contributed by atoms with van der Waals surface area (Å²) < 4.78 is 1.84.